The third-order valence-electron chi connectivity index (χ3n) is 4.46. The van der Waals surface area contributed by atoms with E-state index >= 15 is 0 Å². The fraction of sp³-hybridized carbons (Fsp3) is 0.167. The number of nitrogens with zero attached hydrogens (tertiary/aromatic N) is 2. The molecule has 182 valence electrons. The molecule has 3 aromatic rings. The molecule has 11 heteroatoms. The average molecular weight is 499 g/mol. The molecule has 0 aliphatic carbocycles. The Labute approximate surface area is 207 Å². The van der Waals surface area contributed by atoms with E-state index in [-0.39, 0.29) is 61.7 Å². The molecule has 0 atom stereocenters. The number of aromatic nitrogens is 2. The average Bonchev–Trinajstić information content (AvgIpc) is 2.89. The zero-order chi connectivity index (χ0) is 24.2. The van der Waals surface area contributed by atoms with Gasteiger partial charge in [0, 0.05) is 24.8 Å². The topological polar surface area (TPSA) is 137 Å². The van der Waals surface area contributed by atoms with Gasteiger partial charge in [0.15, 0.2) is 0 Å². The van der Waals surface area contributed by atoms with Crippen LogP contribution >= 0.6 is 12.4 Å². The molecule has 10 nitrogen and oxygen atoms in total. The molecule has 0 saturated heterocycles. The van der Waals surface area contributed by atoms with Gasteiger partial charge in [0.25, 0.3) is 11.8 Å². The summed E-state index contributed by atoms with van der Waals surface area (Å²) in [5.41, 5.74) is 0.841. The van der Waals surface area contributed by atoms with Crippen LogP contribution in [0.5, 0.6) is 0 Å². The summed E-state index contributed by atoms with van der Waals surface area (Å²) in [5.74, 6) is -2.14. The molecular weight excluding hydrogens is 476 g/mol. The molecule has 0 unspecified atom stereocenters. The van der Waals surface area contributed by atoms with E-state index in [9.17, 15) is 19.2 Å². The highest BCUT2D eigenvalue weighted by atomic mass is 35.5. The number of esters is 2. The van der Waals surface area contributed by atoms with Crippen molar-refractivity contribution in [1.82, 2.24) is 20.6 Å². The number of ether oxygens (including phenoxy) is 2. The number of benzene rings is 1. The van der Waals surface area contributed by atoms with E-state index < -0.39 is 11.9 Å². The van der Waals surface area contributed by atoms with Crippen LogP contribution in [-0.4, -0.2) is 60.0 Å². The molecular formula is C24H23ClN4O6. The Morgan fingerprint density at radius 2 is 1.09 bits per heavy atom. The number of carbonyl (C=O) groups is 4. The second-order valence-corrected chi connectivity index (χ2v) is 6.81. The maximum absolute atomic E-state index is 12.4. The fourth-order valence-corrected chi connectivity index (χ4v) is 2.81. The lowest BCUT2D eigenvalue weighted by atomic mass is 10.1. The van der Waals surface area contributed by atoms with Gasteiger partial charge in [-0.25, -0.2) is 9.59 Å². The van der Waals surface area contributed by atoms with E-state index in [4.69, 9.17) is 9.47 Å². The van der Waals surface area contributed by atoms with E-state index in [1.165, 1.54) is 24.5 Å². The summed E-state index contributed by atoms with van der Waals surface area (Å²) in [6.07, 6.45) is 5.96. The Bertz CT molecular complexity index is 1050. The van der Waals surface area contributed by atoms with E-state index in [2.05, 4.69) is 20.6 Å². The number of pyridine rings is 2. The van der Waals surface area contributed by atoms with Crippen molar-refractivity contribution >= 4 is 36.2 Å². The van der Waals surface area contributed by atoms with Gasteiger partial charge in [0.1, 0.15) is 13.2 Å². The zero-order valence-electron chi connectivity index (χ0n) is 18.5. The van der Waals surface area contributed by atoms with Gasteiger partial charge < -0.3 is 20.1 Å². The molecule has 0 bridgehead atoms. The number of nitrogens with one attached hydrogen (secondary N) is 2. The van der Waals surface area contributed by atoms with Crippen molar-refractivity contribution in [3.8, 4) is 0 Å². The van der Waals surface area contributed by atoms with Gasteiger partial charge in [-0.3, -0.25) is 19.6 Å². The van der Waals surface area contributed by atoms with Crippen LogP contribution < -0.4 is 10.6 Å². The van der Waals surface area contributed by atoms with Crippen LogP contribution in [0.1, 0.15) is 41.4 Å². The SMILES string of the molecule is Cl.O=C(NCCOC(=O)c1ccccc1C(=O)OCCNC(=O)c1cccnc1)c1cccnc1. The first-order valence-electron chi connectivity index (χ1n) is 10.4. The second kappa shape index (κ2) is 14.1. The summed E-state index contributed by atoms with van der Waals surface area (Å²) < 4.78 is 10.3. The number of carbonyl (C=O) groups excluding carboxylic acids is 4. The van der Waals surface area contributed by atoms with Gasteiger partial charge >= 0.3 is 11.9 Å². The van der Waals surface area contributed by atoms with Crippen LogP contribution in [0.25, 0.3) is 0 Å². The number of rotatable bonds is 10. The lowest BCUT2D eigenvalue weighted by molar-refractivity contribution is 0.0459. The summed E-state index contributed by atoms with van der Waals surface area (Å²) in [5, 5.41) is 5.22. The first kappa shape index (κ1) is 26.9. The number of hydrogen-bond acceptors (Lipinski definition) is 8. The molecule has 3 rings (SSSR count). The molecule has 0 aliphatic rings. The summed E-state index contributed by atoms with van der Waals surface area (Å²) in [4.78, 5) is 56.6. The van der Waals surface area contributed by atoms with Gasteiger partial charge in [-0.15, -0.1) is 12.4 Å². The normalized spacial score (nSPS) is 9.83. The smallest absolute Gasteiger partial charge is 0.339 e. The van der Waals surface area contributed by atoms with Crippen molar-refractivity contribution in [2.45, 2.75) is 0 Å². The van der Waals surface area contributed by atoms with Crippen LogP contribution in [0.15, 0.2) is 73.3 Å². The van der Waals surface area contributed by atoms with Crippen molar-refractivity contribution < 1.29 is 28.7 Å². The second-order valence-electron chi connectivity index (χ2n) is 6.81. The molecule has 0 radical (unpaired) electrons. The molecule has 2 aromatic heterocycles. The third kappa shape index (κ3) is 8.20. The number of amides is 2. The predicted octanol–water partition coefficient (Wildman–Crippen LogP) is 2.07. The van der Waals surface area contributed by atoms with Crippen LogP contribution in [0.2, 0.25) is 0 Å². The molecule has 1 aromatic carbocycles. The van der Waals surface area contributed by atoms with Crippen LogP contribution in [0.3, 0.4) is 0 Å². The maximum Gasteiger partial charge on any atom is 0.339 e. The van der Waals surface area contributed by atoms with Crippen LogP contribution in [-0.2, 0) is 9.47 Å². The van der Waals surface area contributed by atoms with Crippen LogP contribution in [0.4, 0.5) is 0 Å². The lowest BCUT2D eigenvalue weighted by Crippen LogP contribution is -2.29. The van der Waals surface area contributed by atoms with Gasteiger partial charge in [0.05, 0.1) is 35.3 Å². The van der Waals surface area contributed by atoms with E-state index in [1.807, 2.05) is 0 Å². The van der Waals surface area contributed by atoms with E-state index in [0.29, 0.717) is 11.1 Å². The molecule has 0 spiro atoms. The van der Waals surface area contributed by atoms with Crippen molar-refractivity contribution in [1.29, 1.82) is 0 Å². The minimum Gasteiger partial charge on any atom is -0.460 e. The Kier molecular flexibility index (Phi) is 10.8. The standard InChI is InChI=1S/C24H22N4O6.ClH/c29-21(17-5-3-9-25-15-17)27-11-13-33-23(31)19-7-1-2-8-20(19)24(32)34-14-12-28-22(30)18-6-4-10-26-16-18;/h1-10,15-16H,11-14H2,(H,27,29)(H,28,30);1H. The lowest BCUT2D eigenvalue weighted by Gasteiger charge is -2.11. The minimum atomic E-state index is -0.729. The number of halogens is 1. The summed E-state index contributed by atoms with van der Waals surface area (Å²) in [7, 11) is 0. The number of hydrogen-bond donors (Lipinski definition) is 2. The molecule has 0 saturated carbocycles. The fourth-order valence-electron chi connectivity index (χ4n) is 2.81. The van der Waals surface area contributed by atoms with E-state index in [0.717, 1.165) is 0 Å². The summed E-state index contributed by atoms with van der Waals surface area (Å²) >= 11 is 0. The van der Waals surface area contributed by atoms with Crippen LogP contribution in [0, 0.1) is 0 Å². The van der Waals surface area contributed by atoms with Crippen molar-refractivity contribution in [3.05, 3.63) is 95.6 Å². The monoisotopic (exact) mass is 498 g/mol. The molecule has 2 heterocycles. The van der Waals surface area contributed by atoms with Gasteiger partial charge in [0.2, 0.25) is 0 Å². The zero-order valence-corrected chi connectivity index (χ0v) is 19.3. The molecule has 2 amide bonds. The Balaban J connectivity index is 0.00000432. The van der Waals surface area contributed by atoms with Crippen molar-refractivity contribution in [2.24, 2.45) is 0 Å². The third-order valence-corrected chi connectivity index (χ3v) is 4.46. The quantitative estimate of drug-likeness (QED) is 0.320. The first-order valence-corrected chi connectivity index (χ1v) is 10.4. The molecule has 0 aliphatic heterocycles. The van der Waals surface area contributed by atoms with Crippen molar-refractivity contribution in [2.75, 3.05) is 26.3 Å². The predicted molar refractivity (Wildman–Crippen MR) is 127 cm³/mol. The van der Waals surface area contributed by atoms with Gasteiger partial charge in [-0.2, -0.15) is 0 Å². The van der Waals surface area contributed by atoms with Gasteiger partial charge in [-0.1, -0.05) is 12.1 Å². The highest BCUT2D eigenvalue weighted by Gasteiger charge is 2.19. The summed E-state index contributed by atoms with van der Waals surface area (Å²) in [6, 6.07) is 12.6. The Morgan fingerprint density at radius 3 is 1.46 bits per heavy atom. The highest BCUT2D eigenvalue weighted by Crippen LogP contribution is 2.12. The molecule has 35 heavy (non-hydrogen) atoms. The maximum atomic E-state index is 12.4. The first-order chi connectivity index (χ1) is 16.6. The highest BCUT2D eigenvalue weighted by molar-refractivity contribution is 6.03. The van der Waals surface area contributed by atoms with E-state index in [1.54, 1.807) is 48.8 Å². The summed E-state index contributed by atoms with van der Waals surface area (Å²) in [6.45, 7) is -0.00535. The molecule has 0 fully saturated rings. The largest absolute Gasteiger partial charge is 0.460 e. The van der Waals surface area contributed by atoms with Crippen molar-refractivity contribution in [3.63, 3.8) is 0 Å². The van der Waals surface area contributed by atoms with Gasteiger partial charge in [-0.05, 0) is 36.4 Å². The Hall–Kier alpha value is -4.31. The minimum absolute atomic E-state index is 0. The Morgan fingerprint density at radius 1 is 0.657 bits per heavy atom. The molecule has 2 N–H and O–H groups in total.